The van der Waals surface area contributed by atoms with E-state index < -0.39 is 41.3 Å². The highest BCUT2D eigenvalue weighted by Gasteiger charge is 2.52. The fourth-order valence-electron chi connectivity index (χ4n) is 6.39. The van der Waals surface area contributed by atoms with Crippen LogP contribution in [0.2, 0.25) is 0 Å². The van der Waals surface area contributed by atoms with E-state index in [9.17, 15) is 24.3 Å². The molecule has 1 aromatic heterocycles. The van der Waals surface area contributed by atoms with Gasteiger partial charge in [0.25, 0.3) is 5.91 Å². The van der Waals surface area contributed by atoms with Crippen molar-refractivity contribution >= 4 is 23.7 Å². The highest BCUT2D eigenvalue weighted by atomic mass is 16.4. The molecular formula is C27H39N5O5. The lowest BCUT2D eigenvalue weighted by Crippen LogP contribution is -2.61. The number of likely N-dealkylation sites (tertiary alicyclic amines) is 1. The molecule has 10 heteroatoms. The van der Waals surface area contributed by atoms with Crippen LogP contribution in [0.15, 0.2) is 18.6 Å². The van der Waals surface area contributed by atoms with E-state index in [1.807, 2.05) is 20.8 Å². The first-order valence-corrected chi connectivity index (χ1v) is 13.5. The minimum absolute atomic E-state index is 0.0426. The molecule has 5 atom stereocenters. The molecule has 1 aromatic rings. The van der Waals surface area contributed by atoms with Crippen LogP contribution in [0.3, 0.4) is 0 Å². The summed E-state index contributed by atoms with van der Waals surface area (Å²) in [6.45, 7) is 5.97. The van der Waals surface area contributed by atoms with Crippen LogP contribution in [0.25, 0.3) is 0 Å². The number of hydrogen-bond acceptors (Lipinski definition) is 6. The molecule has 2 heterocycles. The maximum atomic E-state index is 13.9. The molecule has 0 unspecified atom stereocenters. The van der Waals surface area contributed by atoms with Crippen LogP contribution in [0.4, 0.5) is 0 Å². The summed E-state index contributed by atoms with van der Waals surface area (Å²) in [4.78, 5) is 62.2. The summed E-state index contributed by atoms with van der Waals surface area (Å²) >= 11 is 0. The molecule has 0 bridgehead atoms. The van der Waals surface area contributed by atoms with Gasteiger partial charge in [-0.15, -0.1) is 0 Å². The Morgan fingerprint density at radius 2 is 1.73 bits per heavy atom. The van der Waals surface area contributed by atoms with Crippen molar-refractivity contribution in [3.8, 4) is 0 Å². The molecule has 0 aromatic carbocycles. The molecule has 0 spiro atoms. The molecule has 1 saturated heterocycles. The van der Waals surface area contributed by atoms with E-state index in [0.717, 1.165) is 51.4 Å². The van der Waals surface area contributed by atoms with Crippen LogP contribution in [0.5, 0.6) is 0 Å². The van der Waals surface area contributed by atoms with Gasteiger partial charge in [0.2, 0.25) is 11.8 Å². The van der Waals surface area contributed by atoms with Gasteiger partial charge >= 0.3 is 5.97 Å². The molecule has 202 valence electrons. The number of amides is 3. The highest BCUT2D eigenvalue weighted by molar-refractivity contribution is 5.97. The van der Waals surface area contributed by atoms with Gasteiger partial charge in [-0.05, 0) is 48.9 Å². The topological polar surface area (TPSA) is 142 Å². The average molecular weight is 514 g/mol. The summed E-state index contributed by atoms with van der Waals surface area (Å²) in [5.41, 5.74) is -0.549. The van der Waals surface area contributed by atoms with Crippen LogP contribution in [0, 0.1) is 23.2 Å². The Labute approximate surface area is 218 Å². The molecule has 3 fully saturated rings. The monoisotopic (exact) mass is 513 g/mol. The minimum Gasteiger partial charge on any atom is -0.480 e. The second-order valence-corrected chi connectivity index (χ2v) is 11.9. The molecule has 1 aliphatic heterocycles. The highest BCUT2D eigenvalue weighted by Crippen LogP contribution is 2.43. The van der Waals surface area contributed by atoms with Gasteiger partial charge in [0, 0.05) is 18.9 Å². The molecule has 4 rings (SSSR count). The molecule has 2 saturated carbocycles. The molecule has 37 heavy (non-hydrogen) atoms. The molecule has 10 nitrogen and oxygen atoms in total. The van der Waals surface area contributed by atoms with Gasteiger partial charge in [0.15, 0.2) is 0 Å². The Bertz CT molecular complexity index is 1000. The van der Waals surface area contributed by atoms with Crippen molar-refractivity contribution in [2.24, 2.45) is 23.2 Å². The van der Waals surface area contributed by atoms with Gasteiger partial charge in [-0.2, -0.15) is 0 Å². The van der Waals surface area contributed by atoms with Gasteiger partial charge in [0.05, 0.1) is 6.20 Å². The number of carboxylic acids is 1. The lowest BCUT2D eigenvalue weighted by molar-refractivity contribution is -0.152. The lowest BCUT2D eigenvalue weighted by Gasteiger charge is -2.37. The first kappa shape index (κ1) is 27.0. The number of carbonyl (C=O) groups is 4. The standard InChI is InChI=1S/C27H39N5O5/c1-27(2,3)22(25(35)32-15-17-10-7-11-18(17)21(32)26(36)37)31-24(34)20(16-8-5-4-6-9-16)30-23(33)19-14-28-12-13-29-19/h12-14,16-18,20-22H,4-11,15H2,1-3H3,(H,30,33)(H,31,34)(H,36,37)/t17-,18+,20+,21+,22-/m1/s1. The van der Waals surface area contributed by atoms with E-state index in [4.69, 9.17) is 0 Å². The number of nitrogens with one attached hydrogen (secondary N) is 2. The Morgan fingerprint density at radius 3 is 2.35 bits per heavy atom. The number of nitrogens with zero attached hydrogens (tertiary/aromatic N) is 3. The summed E-state index contributed by atoms with van der Waals surface area (Å²) in [5, 5.41) is 15.8. The van der Waals surface area contributed by atoms with E-state index in [1.165, 1.54) is 23.5 Å². The fraction of sp³-hybridized carbons (Fsp3) is 0.704. The van der Waals surface area contributed by atoms with Crippen molar-refractivity contribution in [1.82, 2.24) is 25.5 Å². The molecule has 3 amide bonds. The van der Waals surface area contributed by atoms with Gasteiger partial charge in [-0.1, -0.05) is 46.5 Å². The number of carboxylic acid groups (broad SMARTS) is 1. The molecule has 2 aliphatic carbocycles. The quantitative estimate of drug-likeness (QED) is 0.508. The average Bonchev–Trinajstić information content (AvgIpc) is 3.47. The normalized spacial score (nSPS) is 25.7. The fourth-order valence-corrected chi connectivity index (χ4v) is 6.39. The Morgan fingerprint density at radius 1 is 1.00 bits per heavy atom. The third-order valence-corrected chi connectivity index (χ3v) is 8.31. The number of hydrogen-bond donors (Lipinski definition) is 3. The third kappa shape index (κ3) is 5.93. The zero-order valence-corrected chi connectivity index (χ0v) is 22.0. The number of aromatic nitrogens is 2. The maximum absolute atomic E-state index is 13.9. The summed E-state index contributed by atoms with van der Waals surface area (Å²) in [5.74, 6) is -2.20. The van der Waals surface area contributed by atoms with Crippen LogP contribution in [0.1, 0.15) is 82.6 Å². The van der Waals surface area contributed by atoms with E-state index >= 15 is 0 Å². The van der Waals surface area contributed by atoms with Crippen molar-refractivity contribution in [1.29, 1.82) is 0 Å². The number of aliphatic carboxylic acids is 1. The summed E-state index contributed by atoms with van der Waals surface area (Å²) < 4.78 is 0. The van der Waals surface area contributed by atoms with Crippen molar-refractivity contribution in [2.75, 3.05) is 6.54 Å². The zero-order chi connectivity index (χ0) is 26.7. The van der Waals surface area contributed by atoms with E-state index in [0.29, 0.717) is 6.54 Å². The molecule has 0 radical (unpaired) electrons. The largest absolute Gasteiger partial charge is 0.480 e. The minimum atomic E-state index is -0.988. The van der Waals surface area contributed by atoms with Gasteiger partial charge < -0.3 is 20.6 Å². The van der Waals surface area contributed by atoms with E-state index in [2.05, 4.69) is 20.6 Å². The summed E-state index contributed by atoms with van der Waals surface area (Å²) in [6, 6.07) is -2.63. The van der Waals surface area contributed by atoms with Crippen LogP contribution < -0.4 is 10.6 Å². The lowest BCUT2D eigenvalue weighted by atomic mass is 9.82. The van der Waals surface area contributed by atoms with Crippen LogP contribution >= 0.6 is 0 Å². The van der Waals surface area contributed by atoms with E-state index in [-0.39, 0.29) is 29.4 Å². The predicted octanol–water partition coefficient (Wildman–Crippen LogP) is 2.40. The summed E-state index contributed by atoms with van der Waals surface area (Å²) in [7, 11) is 0. The second-order valence-electron chi connectivity index (χ2n) is 11.9. The van der Waals surface area contributed by atoms with Gasteiger partial charge in [-0.3, -0.25) is 19.4 Å². The van der Waals surface area contributed by atoms with Gasteiger partial charge in [-0.25, -0.2) is 9.78 Å². The Kier molecular flexibility index (Phi) is 8.14. The van der Waals surface area contributed by atoms with Crippen molar-refractivity contribution in [2.45, 2.75) is 90.3 Å². The van der Waals surface area contributed by atoms with Crippen molar-refractivity contribution < 1.29 is 24.3 Å². The summed E-state index contributed by atoms with van der Waals surface area (Å²) in [6.07, 6.45) is 11.5. The first-order chi connectivity index (χ1) is 17.6. The number of fused-ring (bicyclic) bond motifs is 1. The zero-order valence-electron chi connectivity index (χ0n) is 22.0. The second kappa shape index (κ2) is 11.1. The van der Waals surface area contributed by atoms with E-state index in [1.54, 1.807) is 0 Å². The number of rotatable bonds is 7. The molecule has 3 aliphatic rings. The molecular weight excluding hydrogens is 474 g/mol. The van der Waals surface area contributed by atoms with Crippen molar-refractivity contribution in [3.63, 3.8) is 0 Å². The van der Waals surface area contributed by atoms with Gasteiger partial charge in [0.1, 0.15) is 23.8 Å². The smallest absolute Gasteiger partial charge is 0.326 e. The number of carbonyl (C=O) groups excluding carboxylic acids is 3. The maximum Gasteiger partial charge on any atom is 0.326 e. The SMILES string of the molecule is CC(C)(C)[C@H](NC(=O)[C@@H](NC(=O)c1cnccn1)C1CCCCC1)C(=O)N1C[C@H]2CCC[C@@H]2[C@H]1C(=O)O. The van der Waals surface area contributed by atoms with Crippen LogP contribution in [-0.4, -0.2) is 68.3 Å². The Hall–Kier alpha value is -3.04. The third-order valence-electron chi connectivity index (χ3n) is 8.31. The predicted molar refractivity (Wildman–Crippen MR) is 135 cm³/mol. The Balaban J connectivity index is 1.56. The first-order valence-electron chi connectivity index (χ1n) is 13.5. The van der Waals surface area contributed by atoms with Crippen LogP contribution in [-0.2, 0) is 14.4 Å². The molecule has 3 N–H and O–H groups in total. The van der Waals surface area contributed by atoms with Crippen molar-refractivity contribution in [3.05, 3.63) is 24.3 Å².